The lowest BCUT2D eigenvalue weighted by Gasteiger charge is -2.16. The number of fused-ring (bicyclic) bond motifs is 1. The molecule has 0 saturated carbocycles. The van der Waals surface area contributed by atoms with Gasteiger partial charge in [0.1, 0.15) is 0 Å². The van der Waals surface area contributed by atoms with Gasteiger partial charge in [-0.1, -0.05) is 18.2 Å². The highest BCUT2D eigenvalue weighted by atomic mass is 19.4. The van der Waals surface area contributed by atoms with Crippen molar-refractivity contribution in [2.75, 3.05) is 0 Å². The van der Waals surface area contributed by atoms with E-state index in [9.17, 15) is 26.7 Å². The van der Waals surface area contributed by atoms with E-state index in [-0.39, 0.29) is 30.1 Å². The first-order valence-corrected chi connectivity index (χ1v) is 8.44. The number of carbonyl (C=O) groups excluding carboxylic acids is 1. The standard InChI is InChI=1S/C19H16F5N3O2/c20-15(21)17(26)29-16(25)11-3-4-12-9-27(18(28)14(12)7-11)8-10-1-5-13(6-2-10)19(22,23)24/h1-7,15,17,25H,8-9,26H2. The van der Waals surface area contributed by atoms with Crippen LogP contribution in [0, 0.1) is 5.41 Å². The molecule has 1 unspecified atom stereocenters. The second-order valence-corrected chi connectivity index (χ2v) is 6.47. The Kier molecular flexibility index (Phi) is 5.56. The average Bonchev–Trinajstić information content (AvgIpc) is 2.96. The Morgan fingerprint density at radius 2 is 1.83 bits per heavy atom. The van der Waals surface area contributed by atoms with E-state index in [1.54, 1.807) is 6.07 Å². The predicted octanol–water partition coefficient (Wildman–Crippen LogP) is 3.75. The van der Waals surface area contributed by atoms with E-state index in [0.717, 1.165) is 12.1 Å². The zero-order chi connectivity index (χ0) is 21.3. The third-order valence-electron chi connectivity index (χ3n) is 4.41. The van der Waals surface area contributed by atoms with Crippen molar-refractivity contribution in [2.24, 2.45) is 5.73 Å². The molecule has 1 aliphatic heterocycles. The Morgan fingerprint density at radius 1 is 1.17 bits per heavy atom. The number of ether oxygens (including phenoxy) is 1. The maximum absolute atomic E-state index is 12.7. The molecule has 1 heterocycles. The summed E-state index contributed by atoms with van der Waals surface area (Å²) in [7, 11) is 0. The zero-order valence-electron chi connectivity index (χ0n) is 14.8. The van der Waals surface area contributed by atoms with Crippen LogP contribution in [0.15, 0.2) is 42.5 Å². The van der Waals surface area contributed by atoms with E-state index in [2.05, 4.69) is 4.74 Å². The van der Waals surface area contributed by atoms with E-state index in [1.807, 2.05) is 0 Å². The smallest absolute Gasteiger partial charge is 0.416 e. The number of alkyl halides is 5. The Morgan fingerprint density at radius 3 is 2.41 bits per heavy atom. The highest BCUT2D eigenvalue weighted by Gasteiger charge is 2.31. The molecule has 29 heavy (non-hydrogen) atoms. The molecule has 0 spiro atoms. The van der Waals surface area contributed by atoms with Gasteiger partial charge in [0.25, 0.3) is 12.3 Å². The molecule has 10 heteroatoms. The fraction of sp³-hybridized carbons (Fsp3) is 0.263. The predicted molar refractivity (Wildman–Crippen MR) is 93.4 cm³/mol. The Balaban J connectivity index is 1.72. The van der Waals surface area contributed by atoms with E-state index in [4.69, 9.17) is 11.1 Å². The average molecular weight is 413 g/mol. The first-order chi connectivity index (χ1) is 13.6. The van der Waals surface area contributed by atoms with Crippen LogP contribution >= 0.6 is 0 Å². The molecule has 154 valence electrons. The summed E-state index contributed by atoms with van der Waals surface area (Å²) >= 11 is 0. The monoisotopic (exact) mass is 413 g/mol. The Hall–Kier alpha value is -3.01. The van der Waals surface area contributed by atoms with Gasteiger partial charge in [0.15, 0.2) is 0 Å². The van der Waals surface area contributed by atoms with E-state index in [1.165, 1.54) is 29.2 Å². The van der Waals surface area contributed by atoms with Crippen molar-refractivity contribution in [1.29, 1.82) is 5.41 Å². The number of nitrogens with two attached hydrogens (primary N) is 1. The number of hydrogen-bond acceptors (Lipinski definition) is 4. The topological polar surface area (TPSA) is 79.4 Å². The lowest BCUT2D eigenvalue weighted by atomic mass is 10.1. The molecule has 0 fully saturated rings. The van der Waals surface area contributed by atoms with E-state index < -0.39 is 30.3 Å². The molecule has 5 nitrogen and oxygen atoms in total. The molecule has 1 atom stereocenters. The van der Waals surface area contributed by atoms with Crippen LogP contribution < -0.4 is 5.73 Å². The summed E-state index contributed by atoms with van der Waals surface area (Å²) in [6.45, 7) is 0.339. The molecule has 0 saturated heterocycles. The molecule has 1 aliphatic rings. The minimum absolute atomic E-state index is 0.102. The minimum atomic E-state index is -4.44. The number of benzene rings is 2. The fourth-order valence-corrected chi connectivity index (χ4v) is 2.91. The summed E-state index contributed by atoms with van der Waals surface area (Å²) in [5.74, 6) is -0.970. The van der Waals surface area contributed by atoms with Crippen LogP contribution in [0.4, 0.5) is 22.0 Å². The van der Waals surface area contributed by atoms with Crippen molar-refractivity contribution < 1.29 is 31.5 Å². The van der Waals surface area contributed by atoms with Gasteiger partial charge in [-0.05, 0) is 35.4 Å². The van der Waals surface area contributed by atoms with Gasteiger partial charge in [0, 0.05) is 24.2 Å². The van der Waals surface area contributed by atoms with Gasteiger partial charge >= 0.3 is 6.18 Å². The maximum Gasteiger partial charge on any atom is 0.416 e. The van der Waals surface area contributed by atoms with Crippen LogP contribution in [0.25, 0.3) is 0 Å². The molecule has 2 aromatic carbocycles. The number of nitrogens with zero attached hydrogens (tertiary/aromatic N) is 1. The maximum atomic E-state index is 12.7. The van der Waals surface area contributed by atoms with Crippen molar-refractivity contribution in [1.82, 2.24) is 4.90 Å². The SMILES string of the molecule is N=C(OC(N)C(F)F)c1ccc2c(c1)C(=O)N(Cc1ccc(C(F)(F)F)cc1)C2. The molecule has 1 amide bonds. The molecular formula is C19H16F5N3O2. The molecule has 0 aliphatic carbocycles. The van der Waals surface area contributed by atoms with Crippen LogP contribution in [-0.2, 0) is 24.0 Å². The van der Waals surface area contributed by atoms with E-state index >= 15 is 0 Å². The van der Waals surface area contributed by atoms with Crippen LogP contribution in [-0.4, -0.2) is 29.4 Å². The summed E-state index contributed by atoms with van der Waals surface area (Å²) in [6.07, 6.45) is -9.36. The van der Waals surface area contributed by atoms with Crippen LogP contribution in [0.5, 0.6) is 0 Å². The molecule has 0 aromatic heterocycles. The molecule has 3 rings (SSSR count). The Bertz CT molecular complexity index is 928. The van der Waals surface area contributed by atoms with Gasteiger partial charge in [-0.3, -0.25) is 15.9 Å². The molecule has 3 N–H and O–H groups in total. The molecule has 0 bridgehead atoms. The van der Waals surface area contributed by atoms with Gasteiger partial charge < -0.3 is 9.64 Å². The summed E-state index contributed by atoms with van der Waals surface area (Å²) in [5.41, 5.74) is 5.87. The third kappa shape index (κ3) is 4.53. The van der Waals surface area contributed by atoms with Crippen LogP contribution in [0.1, 0.15) is 32.6 Å². The first kappa shape index (κ1) is 20.7. The summed E-state index contributed by atoms with van der Waals surface area (Å²) < 4.78 is 67.5. The third-order valence-corrected chi connectivity index (χ3v) is 4.41. The minimum Gasteiger partial charge on any atom is -0.453 e. The number of amides is 1. The van der Waals surface area contributed by atoms with Crippen molar-refractivity contribution in [2.45, 2.75) is 31.9 Å². The van der Waals surface area contributed by atoms with Gasteiger partial charge in [0.2, 0.25) is 12.1 Å². The lowest BCUT2D eigenvalue weighted by Crippen LogP contribution is -2.34. The van der Waals surface area contributed by atoms with Crippen molar-refractivity contribution in [3.05, 3.63) is 70.3 Å². The first-order valence-electron chi connectivity index (χ1n) is 8.44. The lowest BCUT2D eigenvalue weighted by molar-refractivity contribution is -0.137. The highest BCUT2D eigenvalue weighted by molar-refractivity contribution is 6.01. The van der Waals surface area contributed by atoms with Gasteiger partial charge in [0.05, 0.1) is 5.56 Å². The summed E-state index contributed by atoms with van der Waals surface area (Å²) in [6, 6.07) is 8.89. The second-order valence-electron chi connectivity index (χ2n) is 6.47. The van der Waals surface area contributed by atoms with Gasteiger partial charge in [-0.15, -0.1) is 0 Å². The molecule has 2 aromatic rings. The van der Waals surface area contributed by atoms with Crippen molar-refractivity contribution >= 4 is 11.8 Å². The number of hydrogen-bond donors (Lipinski definition) is 2. The number of halogens is 5. The number of rotatable bonds is 5. The van der Waals surface area contributed by atoms with Crippen LogP contribution in [0.2, 0.25) is 0 Å². The largest absolute Gasteiger partial charge is 0.453 e. The zero-order valence-corrected chi connectivity index (χ0v) is 14.8. The quantitative estimate of drug-likeness (QED) is 0.339. The highest BCUT2D eigenvalue weighted by Crippen LogP contribution is 2.30. The Labute approximate surface area is 162 Å². The van der Waals surface area contributed by atoms with Gasteiger partial charge in [-0.25, -0.2) is 8.78 Å². The van der Waals surface area contributed by atoms with Gasteiger partial charge in [-0.2, -0.15) is 13.2 Å². The normalized spacial score (nSPS) is 14.9. The van der Waals surface area contributed by atoms with Crippen LogP contribution in [0.3, 0.4) is 0 Å². The van der Waals surface area contributed by atoms with Crippen molar-refractivity contribution in [3.63, 3.8) is 0 Å². The molecular weight excluding hydrogens is 397 g/mol. The number of carbonyl (C=O) groups is 1. The second kappa shape index (κ2) is 7.78. The van der Waals surface area contributed by atoms with E-state index in [0.29, 0.717) is 11.1 Å². The molecule has 0 radical (unpaired) electrons. The summed E-state index contributed by atoms with van der Waals surface area (Å²) in [4.78, 5) is 14.1. The van der Waals surface area contributed by atoms with Crippen molar-refractivity contribution in [3.8, 4) is 0 Å². The number of nitrogens with one attached hydrogen (secondary N) is 1. The fourth-order valence-electron chi connectivity index (χ4n) is 2.91. The summed E-state index contributed by atoms with van der Waals surface area (Å²) in [5, 5.41) is 7.73.